The van der Waals surface area contributed by atoms with Crippen LogP contribution in [-0.4, -0.2) is 22.6 Å². The largest absolute Gasteiger partial charge is 0.465 e. The number of hydrogen-bond acceptors (Lipinski definition) is 4. The Kier molecular flexibility index (Phi) is 3.33. The van der Waals surface area contributed by atoms with Crippen molar-refractivity contribution in [3.63, 3.8) is 0 Å². The first kappa shape index (κ1) is 13.5. The van der Waals surface area contributed by atoms with Crippen LogP contribution in [0, 0.1) is 10.8 Å². The standard InChI is InChI=1S/C16H18N4O/c1-16(9-21-15(17)18)5-11-3-2-4-13(14(11)6-16)12-7-19-10-20-8-12/h2-4,7-8,10H,5-6,9H2,1H3,(H3,17,18)/t16-/m0/s1. The molecule has 3 rings (SSSR count). The third-order valence-electron chi connectivity index (χ3n) is 3.94. The molecule has 5 heteroatoms. The zero-order valence-corrected chi connectivity index (χ0v) is 12.0. The Morgan fingerprint density at radius 2 is 2.10 bits per heavy atom. The van der Waals surface area contributed by atoms with Crippen LogP contribution in [0.5, 0.6) is 0 Å². The first-order chi connectivity index (χ1) is 10.1. The predicted molar refractivity (Wildman–Crippen MR) is 80.8 cm³/mol. The topological polar surface area (TPSA) is 84.9 Å². The molecule has 0 amide bonds. The second-order valence-corrected chi connectivity index (χ2v) is 5.89. The van der Waals surface area contributed by atoms with Gasteiger partial charge in [0.1, 0.15) is 6.33 Å². The molecule has 0 bridgehead atoms. The smallest absolute Gasteiger partial charge is 0.279 e. The summed E-state index contributed by atoms with van der Waals surface area (Å²) in [5, 5.41) is 7.22. The molecule has 0 radical (unpaired) electrons. The number of amidine groups is 1. The Morgan fingerprint density at radius 1 is 1.33 bits per heavy atom. The second-order valence-electron chi connectivity index (χ2n) is 5.89. The molecule has 5 nitrogen and oxygen atoms in total. The summed E-state index contributed by atoms with van der Waals surface area (Å²) in [6, 6.07) is 6.11. The highest BCUT2D eigenvalue weighted by Gasteiger charge is 2.35. The minimum absolute atomic E-state index is 0.0280. The molecule has 1 aliphatic rings. The van der Waals surface area contributed by atoms with E-state index in [0.717, 1.165) is 18.4 Å². The Labute approximate surface area is 123 Å². The summed E-state index contributed by atoms with van der Waals surface area (Å²) in [5.74, 6) is 0. The molecule has 21 heavy (non-hydrogen) atoms. The SMILES string of the molecule is C[C@]1(COC(=N)N)Cc2cccc(-c3cncnc3)c2C1. The van der Waals surface area contributed by atoms with Crippen molar-refractivity contribution >= 4 is 6.02 Å². The molecule has 1 heterocycles. The summed E-state index contributed by atoms with van der Waals surface area (Å²) in [4.78, 5) is 8.20. The molecule has 0 fully saturated rings. The Bertz CT molecular complexity index is 671. The molecule has 0 saturated heterocycles. The van der Waals surface area contributed by atoms with Crippen molar-refractivity contribution in [1.82, 2.24) is 9.97 Å². The zero-order valence-electron chi connectivity index (χ0n) is 12.0. The van der Waals surface area contributed by atoms with E-state index in [1.54, 1.807) is 0 Å². The maximum Gasteiger partial charge on any atom is 0.279 e. The van der Waals surface area contributed by atoms with Crippen molar-refractivity contribution in [2.75, 3.05) is 6.61 Å². The number of aromatic nitrogens is 2. The van der Waals surface area contributed by atoms with Gasteiger partial charge in [0.05, 0.1) is 6.61 Å². The van der Waals surface area contributed by atoms with Gasteiger partial charge in [-0.25, -0.2) is 9.97 Å². The van der Waals surface area contributed by atoms with Gasteiger partial charge in [0, 0.05) is 23.4 Å². The van der Waals surface area contributed by atoms with Crippen molar-refractivity contribution in [2.24, 2.45) is 11.1 Å². The lowest BCUT2D eigenvalue weighted by Crippen LogP contribution is -2.28. The van der Waals surface area contributed by atoms with Crippen LogP contribution in [0.3, 0.4) is 0 Å². The third kappa shape index (κ3) is 2.72. The van der Waals surface area contributed by atoms with Crippen molar-refractivity contribution in [3.8, 4) is 11.1 Å². The summed E-state index contributed by atoms with van der Waals surface area (Å²) >= 11 is 0. The van der Waals surface area contributed by atoms with Gasteiger partial charge in [0.15, 0.2) is 0 Å². The van der Waals surface area contributed by atoms with E-state index >= 15 is 0 Å². The van der Waals surface area contributed by atoms with Gasteiger partial charge < -0.3 is 10.5 Å². The van der Waals surface area contributed by atoms with E-state index in [1.807, 2.05) is 12.4 Å². The van der Waals surface area contributed by atoms with E-state index in [9.17, 15) is 0 Å². The van der Waals surface area contributed by atoms with Gasteiger partial charge in [0.2, 0.25) is 0 Å². The monoisotopic (exact) mass is 282 g/mol. The molecule has 1 aliphatic carbocycles. The van der Waals surface area contributed by atoms with Crippen LogP contribution in [0.4, 0.5) is 0 Å². The van der Waals surface area contributed by atoms with Crippen LogP contribution in [0.2, 0.25) is 0 Å². The van der Waals surface area contributed by atoms with Gasteiger partial charge in [-0.05, 0) is 29.5 Å². The molecule has 3 N–H and O–H groups in total. The fraction of sp³-hybridized carbons (Fsp3) is 0.312. The van der Waals surface area contributed by atoms with Crippen molar-refractivity contribution in [1.29, 1.82) is 5.41 Å². The minimum atomic E-state index is -0.219. The van der Waals surface area contributed by atoms with Crippen LogP contribution >= 0.6 is 0 Å². The average Bonchev–Trinajstić information content (AvgIpc) is 2.83. The van der Waals surface area contributed by atoms with Gasteiger partial charge >= 0.3 is 0 Å². The first-order valence-corrected chi connectivity index (χ1v) is 6.90. The third-order valence-corrected chi connectivity index (χ3v) is 3.94. The molecule has 0 saturated carbocycles. The fourth-order valence-corrected chi connectivity index (χ4v) is 3.02. The molecule has 0 spiro atoms. The highest BCUT2D eigenvalue weighted by atomic mass is 16.5. The summed E-state index contributed by atoms with van der Waals surface area (Å²) in [7, 11) is 0. The van der Waals surface area contributed by atoms with Crippen molar-refractivity contribution in [3.05, 3.63) is 48.0 Å². The molecule has 1 aromatic carbocycles. The van der Waals surface area contributed by atoms with E-state index in [2.05, 4.69) is 35.1 Å². The molecule has 1 atom stereocenters. The lowest BCUT2D eigenvalue weighted by molar-refractivity contribution is 0.158. The number of fused-ring (bicyclic) bond motifs is 1. The van der Waals surface area contributed by atoms with E-state index < -0.39 is 0 Å². The number of nitrogens with two attached hydrogens (primary N) is 1. The predicted octanol–water partition coefficient (Wildman–Crippen LogP) is 2.16. The van der Waals surface area contributed by atoms with Crippen molar-refractivity contribution < 1.29 is 4.74 Å². The van der Waals surface area contributed by atoms with Crippen LogP contribution in [0.15, 0.2) is 36.9 Å². The number of benzene rings is 1. The highest BCUT2D eigenvalue weighted by Crippen LogP contribution is 2.41. The zero-order chi connectivity index (χ0) is 14.9. The minimum Gasteiger partial charge on any atom is -0.465 e. The van der Waals surface area contributed by atoms with Gasteiger partial charge in [-0.1, -0.05) is 25.1 Å². The van der Waals surface area contributed by atoms with E-state index in [1.165, 1.54) is 23.0 Å². The summed E-state index contributed by atoms with van der Waals surface area (Å²) in [6.07, 6.45) is 7.05. The fourth-order valence-electron chi connectivity index (χ4n) is 3.02. The first-order valence-electron chi connectivity index (χ1n) is 6.90. The normalized spacial score (nSPS) is 20.0. The molecular weight excluding hydrogens is 264 g/mol. The number of ether oxygens (including phenoxy) is 1. The van der Waals surface area contributed by atoms with Crippen molar-refractivity contribution in [2.45, 2.75) is 19.8 Å². The lowest BCUT2D eigenvalue weighted by Gasteiger charge is -2.23. The van der Waals surface area contributed by atoms with E-state index in [4.69, 9.17) is 15.9 Å². The number of rotatable bonds is 3. The average molecular weight is 282 g/mol. The molecule has 0 unspecified atom stereocenters. The lowest BCUT2D eigenvalue weighted by atomic mass is 9.88. The van der Waals surface area contributed by atoms with Crippen LogP contribution in [0.25, 0.3) is 11.1 Å². The number of nitrogens with zero attached hydrogens (tertiary/aromatic N) is 2. The van der Waals surface area contributed by atoms with Gasteiger partial charge in [0.25, 0.3) is 6.02 Å². The van der Waals surface area contributed by atoms with E-state index in [-0.39, 0.29) is 11.4 Å². The van der Waals surface area contributed by atoms with Crippen LogP contribution in [-0.2, 0) is 17.6 Å². The molecular formula is C16H18N4O. The Balaban J connectivity index is 1.92. The van der Waals surface area contributed by atoms with Gasteiger partial charge in [-0.15, -0.1) is 0 Å². The summed E-state index contributed by atoms with van der Waals surface area (Å²) in [6.45, 7) is 2.63. The van der Waals surface area contributed by atoms with Gasteiger partial charge in [-0.2, -0.15) is 0 Å². The highest BCUT2D eigenvalue weighted by molar-refractivity contribution is 5.69. The van der Waals surface area contributed by atoms with E-state index in [0.29, 0.717) is 6.61 Å². The van der Waals surface area contributed by atoms with Gasteiger partial charge in [-0.3, -0.25) is 5.41 Å². The number of hydrogen-bond donors (Lipinski definition) is 2. The second kappa shape index (κ2) is 5.16. The summed E-state index contributed by atoms with van der Waals surface area (Å²) in [5.41, 5.74) is 10.1. The molecule has 0 aliphatic heterocycles. The van der Waals surface area contributed by atoms with Crippen LogP contribution in [0.1, 0.15) is 18.1 Å². The molecule has 108 valence electrons. The Morgan fingerprint density at radius 3 is 2.81 bits per heavy atom. The maximum atomic E-state index is 7.22. The quantitative estimate of drug-likeness (QED) is 0.667. The Hall–Kier alpha value is -2.43. The number of nitrogens with one attached hydrogen (secondary N) is 1. The maximum absolute atomic E-state index is 7.22. The van der Waals surface area contributed by atoms with Crippen LogP contribution < -0.4 is 5.73 Å². The summed E-state index contributed by atoms with van der Waals surface area (Å²) < 4.78 is 5.24. The molecule has 2 aromatic rings. The molecule has 1 aromatic heterocycles.